The fraction of sp³-hybridized carbons (Fsp3) is 0. The number of pyridine rings is 4. The monoisotopic (exact) mass is 274 g/mol. The Morgan fingerprint density at radius 2 is 1.10 bits per heavy atom. The third-order valence-electron chi connectivity index (χ3n) is 3.07. The van der Waals surface area contributed by atoms with Crippen LogP contribution >= 0.6 is 0 Å². The van der Waals surface area contributed by atoms with Gasteiger partial charge >= 0.3 is 0 Å². The second-order valence-corrected chi connectivity index (χ2v) is 4.48. The highest BCUT2D eigenvalue weighted by molar-refractivity contribution is 5.75. The molecule has 0 aliphatic rings. The summed E-state index contributed by atoms with van der Waals surface area (Å²) in [4.78, 5) is 17.3. The Labute approximate surface area is 120 Å². The number of hydrogen-bond acceptors (Lipinski definition) is 5. The van der Waals surface area contributed by atoms with Crippen LogP contribution < -0.4 is 4.74 Å². The molecule has 0 aromatic carbocycles. The maximum atomic E-state index is 5.72. The molecule has 0 bridgehead atoms. The van der Waals surface area contributed by atoms with Crippen molar-refractivity contribution >= 4 is 22.1 Å². The molecule has 0 unspecified atom stereocenters. The van der Waals surface area contributed by atoms with Crippen LogP contribution in [0.3, 0.4) is 0 Å². The molecule has 0 N–H and O–H groups in total. The molecule has 0 fully saturated rings. The molecule has 4 aromatic heterocycles. The van der Waals surface area contributed by atoms with Crippen LogP contribution in [0.4, 0.5) is 0 Å². The van der Waals surface area contributed by atoms with Crippen molar-refractivity contribution < 1.29 is 4.74 Å². The minimum Gasteiger partial charge on any atom is -0.421 e. The van der Waals surface area contributed by atoms with E-state index in [4.69, 9.17) is 4.74 Å². The first-order valence-corrected chi connectivity index (χ1v) is 6.50. The Kier molecular flexibility index (Phi) is 2.67. The minimum absolute atomic E-state index is 0.492. The van der Waals surface area contributed by atoms with Crippen LogP contribution in [0.15, 0.2) is 60.9 Å². The Bertz CT molecular complexity index is 862. The lowest BCUT2D eigenvalue weighted by atomic mass is 10.3. The molecule has 4 heterocycles. The zero-order valence-electron chi connectivity index (χ0n) is 11.0. The fourth-order valence-electron chi connectivity index (χ4n) is 2.10. The Balaban J connectivity index is 1.71. The van der Waals surface area contributed by atoms with Crippen molar-refractivity contribution in [2.75, 3.05) is 0 Å². The highest BCUT2D eigenvalue weighted by atomic mass is 16.5. The van der Waals surface area contributed by atoms with Crippen LogP contribution in [0, 0.1) is 0 Å². The molecule has 0 saturated carbocycles. The number of rotatable bonds is 2. The van der Waals surface area contributed by atoms with Crippen LogP contribution in [-0.2, 0) is 0 Å². The summed E-state index contributed by atoms with van der Waals surface area (Å²) in [6, 6.07) is 14.8. The van der Waals surface area contributed by atoms with Gasteiger partial charge in [-0.2, -0.15) is 0 Å². The van der Waals surface area contributed by atoms with Crippen LogP contribution in [0.25, 0.3) is 22.1 Å². The van der Waals surface area contributed by atoms with E-state index in [1.165, 1.54) is 0 Å². The van der Waals surface area contributed by atoms with E-state index in [2.05, 4.69) is 19.9 Å². The van der Waals surface area contributed by atoms with E-state index in [1.54, 1.807) is 24.5 Å². The summed E-state index contributed by atoms with van der Waals surface area (Å²) in [6.45, 7) is 0. The molecule has 21 heavy (non-hydrogen) atoms. The van der Waals surface area contributed by atoms with Crippen molar-refractivity contribution in [3.63, 3.8) is 0 Å². The average molecular weight is 274 g/mol. The van der Waals surface area contributed by atoms with Gasteiger partial charge in [0.15, 0.2) is 0 Å². The van der Waals surface area contributed by atoms with Gasteiger partial charge in [0.25, 0.3) is 0 Å². The standard InChI is InChI=1S/C16H10N4O/c1-3-13-11(17-9-1)5-7-15(19-13)21-16-8-6-12-14(20-16)4-2-10-18-12/h1-10H. The topological polar surface area (TPSA) is 60.8 Å². The second-order valence-electron chi connectivity index (χ2n) is 4.48. The lowest BCUT2D eigenvalue weighted by Gasteiger charge is -2.05. The maximum absolute atomic E-state index is 5.72. The van der Waals surface area contributed by atoms with Crippen molar-refractivity contribution in [3.8, 4) is 11.8 Å². The Morgan fingerprint density at radius 1 is 0.571 bits per heavy atom. The van der Waals surface area contributed by atoms with Crippen molar-refractivity contribution in [1.82, 2.24) is 19.9 Å². The zero-order chi connectivity index (χ0) is 14.1. The Morgan fingerprint density at radius 3 is 1.62 bits per heavy atom. The Hall–Kier alpha value is -3.08. The van der Waals surface area contributed by atoms with Crippen molar-refractivity contribution in [2.45, 2.75) is 0 Å². The van der Waals surface area contributed by atoms with Crippen molar-refractivity contribution in [2.24, 2.45) is 0 Å². The van der Waals surface area contributed by atoms with E-state index in [0.717, 1.165) is 22.1 Å². The molecule has 0 spiro atoms. The number of fused-ring (bicyclic) bond motifs is 2. The molecule has 100 valence electrons. The molecule has 5 heteroatoms. The van der Waals surface area contributed by atoms with Crippen molar-refractivity contribution in [3.05, 3.63) is 60.9 Å². The normalized spacial score (nSPS) is 10.9. The lowest BCUT2D eigenvalue weighted by Crippen LogP contribution is -1.92. The molecule has 0 radical (unpaired) electrons. The van der Waals surface area contributed by atoms with E-state index < -0.39 is 0 Å². The highest BCUT2D eigenvalue weighted by Gasteiger charge is 2.04. The number of ether oxygens (including phenoxy) is 1. The van der Waals surface area contributed by atoms with Crippen molar-refractivity contribution in [1.29, 1.82) is 0 Å². The zero-order valence-corrected chi connectivity index (χ0v) is 11.0. The maximum Gasteiger partial charge on any atom is 0.221 e. The predicted octanol–water partition coefficient (Wildman–Crippen LogP) is 3.37. The third kappa shape index (κ3) is 2.25. The molecule has 5 nitrogen and oxygen atoms in total. The smallest absolute Gasteiger partial charge is 0.221 e. The second kappa shape index (κ2) is 4.79. The summed E-state index contributed by atoms with van der Waals surface area (Å²) in [6.07, 6.45) is 3.48. The average Bonchev–Trinajstić information content (AvgIpc) is 2.55. The van der Waals surface area contributed by atoms with E-state index >= 15 is 0 Å². The number of hydrogen-bond donors (Lipinski definition) is 0. The largest absolute Gasteiger partial charge is 0.421 e. The molecule has 4 aromatic rings. The molecular weight excluding hydrogens is 264 g/mol. The summed E-state index contributed by atoms with van der Waals surface area (Å²) in [5, 5.41) is 0. The summed E-state index contributed by atoms with van der Waals surface area (Å²) < 4.78 is 5.72. The summed E-state index contributed by atoms with van der Waals surface area (Å²) in [7, 11) is 0. The molecule has 0 aliphatic heterocycles. The van der Waals surface area contributed by atoms with Gasteiger partial charge in [-0.15, -0.1) is 0 Å². The quantitative estimate of drug-likeness (QED) is 0.561. The van der Waals surface area contributed by atoms with Crippen LogP contribution in [-0.4, -0.2) is 19.9 Å². The predicted molar refractivity (Wildman–Crippen MR) is 79.2 cm³/mol. The van der Waals surface area contributed by atoms with Gasteiger partial charge in [0.2, 0.25) is 11.8 Å². The molecular formula is C16H10N4O. The first-order chi connectivity index (χ1) is 10.4. The lowest BCUT2D eigenvalue weighted by molar-refractivity contribution is 0.448. The van der Waals surface area contributed by atoms with E-state index in [0.29, 0.717) is 11.8 Å². The fourth-order valence-corrected chi connectivity index (χ4v) is 2.10. The first-order valence-electron chi connectivity index (χ1n) is 6.50. The van der Waals surface area contributed by atoms with Gasteiger partial charge in [-0.3, -0.25) is 9.97 Å². The third-order valence-corrected chi connectivity index (χ3v) is 3.07. The van der Waals surface area contributed by atoms with Gasteiger partial charge in [0, 0.05) is 24.5 Å². The van der Waals surface area contributed by atoms with E-state index in [1.807, 2.05) is 36.4 Å². The minimum atomic E-state index is 0.492. The van der Waals surface area contributed by atoms with Gasteiger partial charge in [0.1, 0.15) is 0 Å². The van der Waals surface area contributed by atoms with Gasteiger partial charge in [0.05, 0.1) is 22.1 Å². The van der Waals surface area contributed by atoms with E-state index in [-0.39, 0.29) is 0 Å². The summed E-state index contributed by atoms with van der Waals surface area (Å²) >= 11 is 0. The molecule has 0 aliphatic carbocycles. The molecule has 0 saturated heterocycles. The van der Waals surface area contributed by atoms with E-state index in [9.17, 15) is 0 Å². The highest BCUT2D eigenvalue weighted by Crippen LogP contribution is 2.21. The number of aromatic nitrogens is 4. The van der Waals surface area contributed by atoms with Crippen LogP contribution in [0.1, 0.15) is 0 Å². The van der Waals surface area contributed by atoms with Gasteiger partial charge in [-0.05, 0) is 36.4 Å². The van der Waals surface area contributed by atoms with Gasteiger partial charge < -0.3 is 4.74 Å². The van der Waals surface area contributed by atoms with Crippen LogP contribution in [0.5, 0.6) is 11.8 Å². The summed E-state index contributed by atoms with van der Waals surface area (Å²) in [5.41, 5.74) is 3.25. The first kappa shape index (κ1) is 11.7. The van der Waals surface area contributed by atoms with Gasteiger partial charge in [-0.1, -0.05) is 0 Å². The SMILES string of the molecule is c1cnc2ccc(Oc3ccc4ncccc4n3)nc2c1. The number of nitrogens with zero attached hydrogens (tertiary/aromatic N) is 4. The molecule has 4 rings (SSSR count). The molecule has 0 amide bonds. The van der Waals surface area contributed by atoms with Crippen LogP contribution in [0.2, 0.25) is 0 Å². The molecule has 0 atom stereocenters. The summed E-state index contributed by atoms with van der Waals surface area (Å²) in [5.74, 6) is 0.984. The van der Waals surface area contributed by atoms with Gasteiger partial charge in [-0.25, -0.2) is 9.97 Å².